The zero-order valence-corrected chi connectivity index (χ0v) is 15.6. The highest BCUT2D eigenvalue weighted by Gasteiger charge is 2.16. The summed E-state index contributed by atoms with van der Waals surface area (Å²) < 4.78 is 3.33. The van der Waals surface area contributed by atoms with Crippen LogP contribution in [0, 0.1) is 5.92 Å². The fraction of sp³-hybridized carbons (Fsp3) is 0.400. The highest BCUT2D eigenvalue weighted by atomic mass is 16.1. The van der Waals surface area contributed by atoms with Crippen LogP contribution in [0.1, 0.15) is 19.8 Å². The fourth-order valence-electron chi connectivity index (χ4n) is 3.64. The predicted octanol–water partition coefficient (Wildman–Crippen LogP) is 3.25. The SMILES string of the molecule is CC1CCN(c2ccc(Nc3ccc4c(c3)n(C)c(=O)n4C)cn2)CC1. The summed E-state index contributed by atoms with van der Waals surface area (Å²) in [6.45, 7) is 4.48. The molecule has 6 nitrogen and oxygen atoms in total. The van der Waals surface area contributed by atoms with Gasteiger partial charge in [-0.3, -0.25) is 9.13 Å². The van der Waals surface area contributed by atoms with E-state index in [1.54, 1.807) is 23.2 Å². The van der Waals surface area contributed by atoms with Crippen LogP contribution in [0.5, 0.6) is 0 Å². The van der Waals surface area contributed by atoms with E-state index in [0.717, 1.165) is 47.2 Å². The lowest BCUT2D eigenvalue weighted by molar-refractivity contribution is 0.436. The van der Waals surface area contributed by atoms with Crippen LogP contribution < -0.4 is 15.9 Å². The minimum absolute atomic E-state index is 0.0148. The van der Waals surface area contributed by atoms with Crippen LogP contribution in [0.2, 0.25) is 0 Å². The standard InChI is InChI=1S/C20H25N5O/c1-14-8-10-25(11-9-14)19-7-5-16(13-21-19)22-15-4-6-17-18(12-15)24(3)20(26)23(17)2/h4-7,12-14,22H,8-11H2,1-3H3. The van der Waals surface area contributed by atoms with Gasteiger partial charge in [-0.2, -0.15) is 0 Å². The number of hydrogen-bond acceptors (Lipinski definition) is 4. The molecule has 0 aliphatic carbocycles. The molecule has 0 unspecified atom stereocenters. The van der Waals surface area contributed by atoms with Gasteiger partial charge in [0.2, 0.25) is 0 Å². The average molecular weight is 351 g/mol. The highest BCUT2D eigenvalue weighted by molar-refractivity contribution is 5.81. The maximum Gasteiger partial charge on any atom is 0.328 e. The smallest absolute Gasteiger partial charge is 0.328 e. The van der Waals surface area contributed by atoms with Crippen LogP contribution in [0.3, 0.4) is 0 Å². The molecule has 0 bridgehead atoms. The second kappa shape index (κ2) is 6.52. The molecule has 1 saturated heterocycles. The molecule has 0 spiro atoms. The van der Waals surface area contributed by atoms with Gasteiger partial charge in [0.15, 0.2) is 0 Å². The minimum Gasteiger partial charge on any atom is -0.357 e. The van der Waals surface area contributed by atoms with Gasteiger partial charge < -0.3 is 10.2 Å². The summed E-state index contributed by atoms with van der Waals surface area (Å²) in [6.07, 6.45) is 4.34. The van der Waals surface area contributed by atoms with Gasteiger partial charge >= 0.3 is 5.69 Å². The molecule has 136 valence electrons. The van der Waals surface area contributed by atoms with Gasteiger partial charge in [0.1, 0.15) is 5.82 Å². The van der Waals surface area contributed by atoms with Crippen molar-refractivity contribution >= 4 is 28.2 Å². The summed E-state index contributed by atoms with van der Waals surface area (Å²) in [6, 6.07) is 10.1. The van der Waals surface area contributed by atoms with Crippen molar-refractivity contribution in [1.82, 2.24) is 14.1 Å². The zero-order valence-electron chi connectivity index (χ0n) is 15.6. The Bertz CT molecular complexity index is 978. The maximum atomic E-state index is 12.1. The molecule has 1 N–H and O–H groups in total. The molecule has 0 radical (unpaired) electrons. The lowest BCUT2D eigenvalue weighted by Gasteiger charge is -2.31. The minimum atomic E-state index is -0.0148. The van der Waals surface area contributed by atoms with E-state index in [-0.39, 0.29) is 5.69 Å². The van der Waals surface area contributed by atoms with Crippen molar-refractivity contribution in [2.75, 3.05) is 23.3 Å². The molecule has 1 fully saturated rings. The number of rotatable bonds is 3. The third kappa shape index (κ3) is 2.96. The van der Waals surface area contributed by atoms with Crippen molar-refractivity contribution in [1.29, 1.82) is 0 Å². The molecule has 1 aliphatic heterocycles. The third-order valence-corrected chi connectivity index (χ3v) is 5.42. The molecule has 2 aromatic heterocycles. The molecule has 0 amide bonds. The Kier molecular flexibility index (Phi) is 4.18. The van der Waals surface area contributed by atoms with E-state index in [4.69, 9.17) is 0 Å². The van der Waals surface area contributed by atoms with Crippen molar-refractivity contribution in [3.8, 4) is 0 Å². The number of benzene rings is 1. The molecule has 0 saturated carbocycles. The lowest BCUT2D eigenvalue weighted by atomic mass is 9.99. The number of anilines is 3. The molecular formula is C20H25N5O. The molecule has 1 aliphatic rings. The molecule has 26 heavy (non-hydrogen) atoms. The molecule has 3 heterocycles. The van der Waals surface area contributed by atoms with Crippen molar-refractivity contribution in [2.24, 2.45) is 20.0 Å². The number of imidazole rings is 1. The number of nitrogens with zero attached hydrogens (tertiary/aromatic N) is 4. The Hall–Kier alpha value is -2.76. The summed E-state index contributed by atoms with van der Waals surface area (Å²) in [5.41, 5.74) is 3.71. The molecule has 4 rings (SSSR count). The Morgan fingerprint density at radius 1 is 1.00 bits per heavy atom. The van der Waals surface area contributed by atoms with Gasteiger partial charge in [-0.25, -0.2) is 9.78 Å². The van der Waals surface area contributed by atoms with Crippen LogP contribution in [0.4, 0.5) is 17.2 Å². The highest BCUT2D eigenvalue weighted by Crippen LogP contribution is 2.24. The first kappa shape index (κ1) is 16.7. The lowest BCUT2D eigenvalue weighted by Crippen LogP contribution is -2.33. The Morgan fingerprint density at radius 3 is 2.38 bits per heavy atom. The largest absolute Gasteiger partial charge is 0.357 e. The topological polar surface area (TPSA) is 55.1 Å². The second-order valence-electron chi connectivity index (χ2n) is 7.30. The van der Waals surface area contributed by atoms with E-state index < -0.39 is 0 Å². The van der Waals surface area contributed by atoms with Crippen LogP contribution in [-0.2, 0) is 14.1 Å². The van der Waals surface area contributed by atoms with Crippen LogP contribution >= 0.6 is 0 Å². The quantitative estimate of drug-likeness (QED) is 0.787. The Balaban J connectivity index is 1.53. The van der Waals surface area contributed by atoms with Gasteiger partial charge in [0, 0.05) is 32.9 Å². The van der Waals surface area contributed by atoms with Crippen molar-refractivity contribution < 1.29 is 0 Å². The first-order chi connectivity index (χ1) is 12.5. The first-order valence-electron chi connectivity index (χ1n) is 9.16. The maximum absolute atomic E-state index is 12.1. The zero-order chi connectivity index (χ0) is 18.3. The van der Waals surface area contributed by atoms with Crippen LogP contribution in [0.15, 0.2) is 41.3 Å². The summed E-state index contributed by atoms with van der Waals surface area (Å²) in [5.74, 6) is 1.86. The van der Waals surface area contributed by atoms with E-state index in [1.165, 1.54) is 12.8 Å². The summed E-state index contributed by atoms with van der Waals surface area (Å²) in [7, 11) is 3.59. The summed E-state index contributed by atoms with van der Waals surface area (Å²) in [4.78, 5) is 19.0. The van der Waals surface area contributed by atoms with Crippen molar-refractivity contribution in [2.45, 2.75) is 19.8 Å². The molecule has 0 atom stereocenters. The van der Waals surface area contributed by atoms with E-state index in [0.29, 0.717) is 0 Å². The van der Waals surface area contributed by atoms with Crippen molar-refractivity contribution in [3.05, 3.63) is 47.0 Å². The Labute approximate surface area is 153 Å². The number of fused-ring (bicyclic) bond motifs is 1. The Morgan fingerprint density at radius 2 is 1.69 bits per heavy atom. The fourth-order valence-corrected chi connectivity index (χ4v) is 3.64. The summed E-state index contributed by atoms with van der Waals surface area (Å²) >= 11 is 0. The van der Waals surface area contributed by atoms with E-state index in [9.17, 15) is 4.79 Å². The van der Waals surface area contributed by atoms with Gasteiger partial charge in [-0.05, 0) is 49.1 Å². The van der Waals surface area contributed by atoms with E-state index >= 15 is 0 Å². The van der Waals surface area contributed by atoms with E-state index in [1.807, 2.05) is 24.4 Å². The van der Waals surface area contributed by atoms with Gasteiger partial charge in [-0.15, -0.1) is 0 Å². The average Bonchev–Trinajstić information content (AvgIpc) is 2.87. The number of aromatic nitrogens is 3. The first-order valence-corrected chi connectivity index (χ1v) is 9.16. The van der Waals surface area contributed by atoms with Gasteiger partial charge in [0.05, 0.1) is 22.9 Å². The number of hydrogen-bond donors (Lipinski definition) is 1. The van der Waals surface area contributed by atoms with Crippen LogP contribution in [-0.4, -0.2) is 27.2 Å². The number of aryl methyl sites for hydroxylation is 2. The third-order valence-electron chi connectivity index (χ3n) is 5.42. The van der Waals surface area contributed by atoms with E-state index in [2.05, 4.69) is 34.3 Å². The van der Waals surface area contributed by atoms with Crippen LogP contribution in [0.25, 0.3) is 11.0 Å². The number of piperidine rings is 1. The summed E-state index contributed by atoms with van der Waals surface area (Å²) in [5, 5.41) is 3.38. The predicted molar refractivity (Wildman–Crippen MR) is 106 cm³/mol. The number of nitrogens with one attached hydrogen (secondary N) is 1. The van der Waals surface area contributed by atoms with Gasteiger partial charge in [0.25, 0.3) is 0 Å². The molecular weight excluding hydrogens is 326 g/mol. The molecule has 6 heteroatoms. The number of pyridine rings is 1. The normalized spacial score (nSPS) is 15.6. The molecule has 3 aromatic rings. The second-order valence-corrected chi connectivity index (χ2v) is 7.30. The van der Waals surface area contributed by atoms with Gasteiger partial charge in [-0.1, -0.05) is 6.92 Å². The monoisotopic (exact) mass is 351 g/mol. The molecule has 1 aromatic carbocycles. The van der Waals surface area contributed by atoms with Crippen molar-refractivity contribution in [3.63, 3.8) is 0 Å².